The van der Waals surface area contributed by atoms with Gasteiger partial charge in [0.15, 0.2) is 0 Å². The van der Waals surface area contributed by atoms with Gasteiger partial charge in [-0.3, -0.25) is 14.5 Å². The lowest BCUT2D eigenvalue weighted by atomic mass is 10.0. The van der Waals surface area contributed by atoms with Crippen LogP contribution in [0.2, 0.25) is 0 Å². The van der Waals surface area contributed by atoms with E-state index in [-0.39, 0.29) is 5.78 Å². The minimum Gasteiger partial charge on any atom is -0.480 e. The Labute approximate surface area is 195 Å². The van der Waals surface area contributed by atoms with Gasteiger partial charge in [-0.1, -0.05) is 72.7 Å². The predicted octanol–water partition coefficient (Wildman–Crippen LogP) is 5.18. The maximum absolute atomic E-state index is 12.9. The molecule has 1 aromatic heterocycles. The number of hydrogen-bond donors (Lipinski definition) is 1. The van der Waals surface area contributed by atoms with Crippen LogP contribution in [0.4, 0.5) is 0 Å². The van der Waals surface area contributed by atoms with Crippen LogP contribution in [0.25, 0.3) is 6.08 Å². The number of aryl methyl sites for hydroxylation is 1. The van der Waals surface area contributed by atoms with Gasteiger partial charge in [0.2, 0.25) is 5.78 Å². The highest BCUT2D eigenvalue weighted by atomic mass is 16.4. The Morgan fingerprint density at radius 1 is 1.06 bits per heavy atom. The molecule has 4 rings (SSSR count). The molecule has 33 heavy (non-hydrogen) atoms. The molecule has 5 heteroatoms. The molecule has 0 amide bonds. The van der Waals surface area contributed by atoms with E-state index in [0.717, 1.165) is 42.5 Å². The molecule has 1 atom stereocenters. The lowest BCUT2D eigenvalue weighted by Crippen LogP contribution is -2.43. The summed E-state index contributed by atoms with van der Waals surface area (Å²) in [5, 5.41) is 9.52. The largest absolute Gasteiger partial charge is 0.480 e. The fourth-order valence-electron chi connectivity index (χ4n) is 4.42. The SMILES string of the molecule is Cc1ccc(C(=O)c2cccn2C/C=C/c2cccc(CN3CCCCC3C(=O)O)c2)cc1. The summed E-state index contributed by atoms with van der Waals surface area (Å²) in [7, 11) is 0. The van der Waals surface area contributed by atoms with Gasteiger partial charge in [0, 0.05) is 24.8 Å². The second kappa shape index (κ2) is 10.5. The van der Waals surface area contributed by atoms with Crippen molar-refractivity contribution >= 4 is 17.8 Å². The molecule has 0 bridgehead atoms. The van der Waals surface area contributed by atoms with Gasteiger partial charge in [0.1, 0.15) is 6.04 Å². The first kappa shape index (κ1) is 22.7. The fraction of sp³-hybridized carbons (Fsp3) is 0.286. The topological polar surface area (TPSA) is 62.5 Å². The third kappa shape index (κ3) is 5.68. The van der Waals surface area contributed by atoms with Gasteiger partial charge in [-0.25, -0.2) is 0 Å². The summed E-state index contributed by atoms with van der Waals surface area (Å²) in [6.07, 6.45) is 8.76. The maximum atomic E-state index is 12.9. The molecule has 170 valence electrons. The van der Waals surface area contributed by atoms with Crippen molar-refractivity contribution in [3.63, 3.8) is 0 Å². The predicted molar refractivity (Wildman–Crippen MR) is 130 cm³/mol. The Kier molecular flexibility index (Phi) is 7.20. The van der Waals surface area contributed by atoms with E-state index in [4.69, 9.17) is 0 Å². The zero-order valence-electron chi connectivity index (χ0n) is 19.0. The zero-order valence-corrected chi connectivity index (χ0v) is 19.0. The molecule has 1 saturated heterocycles. The van der Waals surface area contributed by atoms with Crippen LogP contribution in [-0.4, -0.2) is 38.9 Å². The summed E-state index contributed by atoms with van der Waals surface area (Å²) < 4.78 is 1.95. The smallest absolute Gasteiger partial charge is 0.320 e. The number of hydrogen-bond acceptors (Lipinski definition) is 3. The number of allylic oxidation sites excluding steroid dienone is 1. The van der Waals surface area contributed by atoms with E-state index in [2.05, 4.69) is 23.1 Å². The standard InChI is InChI=1S/C28H30N2O3/c1-21-12-14-24(15-13-21)27(31)25-11-6-18-29(25)17-5-9-22-7-4-8-23(19-22)20-30-16-3-2-10-26(30)28(32)33/h4-9,11-15,18-19,26H,2-3,10,16-17,20H2,1H3,(H,32,33)/b9-5+. The van der Waals surface area contributed by atoms with E-state index in [9.17, 15) is 14.7 Å². The monoisotopic (exact) mass is 442 g/mol. The van der Waals surface area contributed by atoms with Gasteiger partial charge in [-0.05, 0) is 49.6 Å². The van der Waals surface area contributed by atoms with E-state index < -0.39 is 12.0 Å². The number of aromatic nitrogens is 1. The van der Waals surface area contributed by atoms with E-state index >= 15 is 0 Å². The van der Waals surface area contributed by atoms with Crippen LogP contribution in [-0.2, 0) is 17.9 Å². The highest BCUT2D eigenvalue weighted by Crippen LogP contribution is 2.21. The van der Waals surface area contributed by atoms with Crippen LogP contribution in [0.3, 0.4) is 0 Å². The molecule has 2 heterocycles. The molecule has 0 radical (unpaired) electrons. The van der Waals surface area contributed by atoms with E-state index in [0.29, 0.717) is 24.3 Å². The first-order chi connectivity index (χ1) is 16.0. The van der Waals surface area contributed by atoms with Crippen molar-refractivity contribution in [2.75, 3.05) is 6.54 Å². The van der Waals surface area contributed by atoms with Crippen molar-refractivity contribution in [3.8, 4) is 0 Å². The van der Waals surface area contributed by atoms with Crippen molar-refractivity contribution in [2.24, 2.45) is 0 Å². The molecule has 0 saturated carbocycles. The number of carbonyl (C=O) groups is 2. The molecule has 1 fully saturated rings. The molecule has 0 spiro atoms. The third-order valence-corrected chi connectivity index (χ3v) is 6.22. The third-order valence-electron chi connectivity index (χ3n) is 6.22. The van der Waals surface area contributed by atoms with Crippen molar-refractivity contribution in [2.45, 2.75) is 45.3 Å². The molecule has 1 aliphatic rings. The van der Waals surface area contributed by atoms with Gasteiger partial charge in [0.05, 0.1) is 5.69 Å². The number of likely N-dealkylation sites (tertiary alicyclic amines) is 1. The fourth-order valence-corrected chi connectivity index (χ4v) is 4.42. The van der Waals surface area contributed by atoms with Crippen molar-refractivity contribution in [1.29, 1.82) is 0 Å². The molecule has 2 aromatic carbocycles. The van der Waals surface area contributed by atoms with Crippen LogP contribution in [0.5, 0.6) is 0 Å². The summed E-state index contributed by atoms with van der Waals surface area (Å²) in [6, 6.07) is 19.2. The minimum atomic E-state index is -0.728. The quantitative estimate of drug-likeness (QED) is 0.488. The van der Waals surface area contributed by atoms with E-state index in [1.54, 1.807) is 0 Å². The normalized spacial score (nSPS) is 16.8. The second-order valence-corrected chi connectivity index (χ2v) is 8.71. The first-order valence-corrected chi connectivity index (χ1v) is 11.5. The molecule has 0 aliphatic carbocycles. The zero-order chi connectivity index (χ0) is 23.2. The lowest BCUT2D eigenvalue weighted by Gasteiger charge is -2.32. The van der Waals surface area contributed by atoms with Gasteiger partial charge < -0.3 is 9.67 Å². The number of carbonyl (C=O) groups excluding carboxylic acids is 1. The number of aliphatic carboxylic acids is 1. The van der Waals surface area contributed by atoms with E-state index in [1.165, 1.54) is 0 Å². The molecule has 1 aliphatic heterocycles. The summed E-state index contributed by atoms with van der Waals surface area (Å²) in [4.78, 5) is 26.5. The number of ketones is 1. The molecule has 3 aromatic rings. The summed E-state index contributed by atoms with van der Waals surface area (Å²) in [6.45, 7) is 4.07. The van der Waals surface area contributed by atoms with Gasteiger partial charge in [0.25, 0.3) is 0 Å². The van der Waals surface area contributed by atoms with Gasteiger partial charge in [-0.15, -0.1) is 0 Å². The molecule has 1 unspecified atom stereocenters. The van der Waals surface area contributed by atoms with Crippen LogP contribution in [0.1, 0.15) is 52.0 Å². The van der Waals surface area contributed by atoms with Crippen LogP contribution in [0, 0.1) is 6.92 Å². The average Bonchev–Trinajstić information content (AvgIpc) is 3.28. The maximum Gasteiger partial charge on any atom is 0.320 e. The Balaban J connectivity index is 1.42. The Hall–Kier alpha value is -3.44. The highest BCUT2D eigenvalue weighted by molar-refractivity contribution is 6.08. The van der Waals surface area contributed by atoms with Crippen molar-refractivity contribution < 1.29 is 14.7 Å². The lowest BCUT2D eigenvalue weighted by molar-refractivity contribution is -0.144. The number of benzene rings is 2. The molecule has 1 N–H and O–H groups in total. The highest BCUT2D eigenvalue weighted by Gasteiger charge is 2.28. The summed E-state index contributed by atoms with van der Waals surface area (Å²) in [5.41, 5.74) is 4.67. The van der Waals surface area contributed by atoms with Crippen LogP contribution < -0.4 is 0 Å². The molecular weight excluding hydrogens is 412 g/mol. The van der Waals surface area contributed by atoms with Gasteiger partial charge in [-0.2, -0.15) is 0 Å². The summed E-state index contributed by atoms with van der Waals surface area (Å²) in [5.74, 6) is -0.710. The average molecular weight is 443 g/mol. The Bertz CT molecular complexity index is 1140. The van der Waals surface area contributed by atoms with Crippen molar-refractivity contribution in [3.05, 3.63) is 101 Å². The number of carboxylic acids is 1. The second-order valence-electron chi connectivity index (χ2n) is 8.71. The minimum absolute atomic E-state index is 0.0184. The molecule has 5 nitrogen and oxygen atoms in total. The van der Waals surface area contributed by atoms with Crippen LogP contribution in [0.15, 0.2) is 72.9 Å². The Morgan fingerprint density at radius 2 is 1.88 bits per heavy atom. The number of carboxylic acid groups (broad SMARTS) is 1. The summed E-state index contributed by atoms with van der Waals surface area (Å²) >= 11 is 0. The Morgan fingerprint density at radius 3 is 2.67 bits per heavy atom. The molecular formula is C28H30N2O3. The van der Waals surface area contributed by atoms with Crippen LogP contribution >= 0.6 is 0 Å². The number of rotatable bonds is 8. The van der Waals surface area contributed by atoms with Crippen molar-refractivity contribution in [1.82, 2.24) is 9.47 Å². The number of nitrogens with zero attached hydrogens (tertiary/aromatic N) is 2. The van der Waals surface area contributed by atoms with Gasteiger partial charge >= 0.3 is 5.97 Å². The number of piperidine rings is 1. The first-order valence-electron chi connectivity index (χ1n) is 11.5. The van der Waals surface area contributed by atoms with E-state index in [1.807, 2.05) is 72.3 Å².